The molecule has 0 amide bonds. The van der Waals surface area contributed by atoms with Gasteiger partial charge in [-0.05, 0) is 19.0 Å². The van der Waals surface area contributed by atoms with Gasteiger partial charge in [0.2, 0.25) is 10.0 Å². The first-order valence-electron chi connectivity index (χ1n) is 5.50. The molecule has 0 atom stereocenters. The van der Waals surface area contributed by atoms with Crippen molar-refractivity contribution in [2.24, 2.45) is 0 Å². The summed E-state index contributed by atoms with van der Waals surface area (Å²) in [6.45, 7) is 0. The molecule has 0 saturated heterocycles. The number of sulfone groups is 1. The van der Waals surface area contributed by atoms with E-state index in [0.717, 1.165) is 0 Å². The van der Waals surface area contributed by atoms with Gasteiger partial charge in [0.1, 0.15) is 0 Å². The van der Waals surface area contributed by atoms with Crippen LogP contribution in [0.3, 0.4) is 0 Å². The smallest absolute Gasteiger partial charge is 0.211 e. The highest BCUT2D eigenvalue weighted by molar-refractivity contribution is 7.91. The molecule has 0 heterocycles. The topological polar surface area (TPSA) is 80.3 Å². The molecule has 0 bridgehead atoms. The fourth-order valence-corrected chi connectivity index (χ4v) is 3.81. The van der Waals surface area contributed by atoms with Crippen molar-refractivity contribution in [3.8, 4) is 0 Å². The van der Waals surface area contributed by atoms with Gasteiger partial charge in [0, 0.05) is 0 Å². The maximum Gasteiger partial charge on any atom is 0.211 e. The lowest BCUT2D eigenvalue weighted by Crippen LogP contribution is -2.23. The van der Waals surface area contributed by atoms with Crippen LogP contribution in [0.5, 0.6) is 0 Å². The molecule has 0 aromatic heterocycles. The van der Waals surface area contributed by atoms with Gasteiger partial charge in [-0.3, -0.25) is 0 Å². The number of benzene rings is 1. The largest absolute Gasteiger partial charge is 0.228 e. The van der Waals surface area contributed by atoms with Gasteiger partial charge in [0.25, 0.3) is 0 Å². The number of hydrogen-bond donors (Lipinski definition) is 1. The highest BCUT2D eigenvalue weighted by Crippen LogP contribution is 2.07. The normalized spacial score (nSPS) is 12.5. The van der Waals surface area contributed by atoms with Crippen LogP contribution in [-0.2, 0) is 25.6 Å². The molecule has 0 aliphatic carbocycles. The lowest BCUT2D eigenvalue weighted by Gasteiger charge is -2.05. The predicted octanol–water partition coefficient (Wildman–Crippen LogP) is 0.541. The van der Waals surface area contributed by atoms with Crippen LogP contribution in [-0.4, -0.2) is 35.4 Å². The van der Waals surface area contributed by atoms with Crippen molar-refractivity contribution in [3.05, 3.63) is 35.9 Å². The summed E-state index contributed by atoms with van der Waals surface area (Å²) in [7, 11) is -5.27. The quantitative estimate of drug-likeness (QED) is 0.795. The molecular weight excluding hydrogens is 274 g/mol. The Bertz CT molecular complexity index is 564. The zero-order valence-electron chi connectivity index (χ0n) is 10.2. The Labute approximate surface area is 108 Å². The lowest BCUT2D eigenvalue weighted by molar-refractivity contribution is 0.584. The monoisotopic (exact) mass is 291 g/mol. The fourth-order valence-electron chi connectivity index (χ4n) is 1.47. The van der Waals surface area contributed by atoms with E-state index in [4.69, 9.17) is 0 Å². The van der Waals surface area contributed by atoms with Gasteiger partial charge in [0.05, 0.1) is 17.3 Å². The number of rotatable bonds is 7. The van der Waals surface area contributed by atoms with Gasteiger partial charge in [-0.25, -0.2) is 21.6 Å². The Hall–Kier alpha value is -0.920. The van der Waals surface area contributed by atoms with E-state index in [9.17, 15) is 16.8 Å². The predicted molar refractivity (Wildman–Crippen MR) is 71.4 cm³/mol. The van der Waals surface area contributed by atoms with Gasteiger partial charge >= 0.3 is 0 Å². The van der Waals surface area contributed by atoms with E-state index in [1.807, 2.05) is 6.07 Å². The number of hydrogen-bond acceptors (Lipinski definition) is 4. The van der Waals surface area contributed by atoms with Crippen LogP contribution >= 0.6 is 0 Å². The summed E-state index contributed by atoms with van der Waals surface area (Å²) in [5.74, 6) is -0.340. The molecule has 0 spiro atoms. The van der Waals surface area contributed by atoms with Crippen LogP contribution in [0.4, 0.5) is 0 Å². The van der Waals surface area contributed by atoms with Crippen molar-refractivity contribution < 1.29 is 16.8 Å². The molecule has 0 radical (unpaired) electrons. The van der Waals surface area contributed by atoms with Crippen molar-refractivity contribution in [2.75, 3.05) is 18.6 Å². The van der Waals surface area contributed by atoms with E-state index in [-0.39, 0.29) is 23.7 Å². The average Bonchev–Trinajstić information content (AvgIpc) is 2.29. The van der Waals surface area contributed by atoms with E-state index < -0.39 is 19.9 Å². The summed E-state index contributed by atoms with van der Waals surface area (Å²) in [4.78, 5) is 0. The molecule has 5 nitrogen and oxygen atoms in total. The van der Waals surface area contributed by atoms with Crippen molar-refractivity contribution in [1.29, 1.82) is 0 Å². The van der Waals surface area contributed by atoms with E-state index in [1.165, 1.54) is 7.05 Å². The maximum absolute atomic E-state index is 11.8. The van der Waals surface area contributed by atoms with E-state index >= 15 is 0 Å². The summed E-state index contributed by atoms with van der Waals surface area (Å²) >= 11 is 0. The molecule has 102 valence electrons. The Morgan fingerprint density at radius 1 is 1.00 bits per heavy atom. The number of nitrogens with one attached hydrogen (secondary N) is 1. The zero-order chi connectivity index (χ0) is 13.6. The van der Waals surface area contributed by atoms with Crippen molar-refractivity contribution in [3.63, 3.8) is 0 Å². The summed E-state index contributed by atoms with van der Waals surface area (Å²) in [6, 6.07) is 8.84. The van der Waals surface area contributed by atoms with Crippen LogP contribution < -0.4 is 4.72 Å². The average molecular weight is 291 g/mol. The summed E-state index contributed by atoms with van der Waals surface area (Å²) < 4.78 is 47.9. The molecule has 0 saturated carbocycles. The van der Waals surface area contributed by atoms with Crippen LogP contribution in [0.2, 0.25) is 0 Å². The summed E-state index contributed by atoms with van der Waals surface area (Å²) in [5, 5.41) is 0. The molecule has 1 rings (SSSR count). The minimum absolute atomic E-state index is 0.0482. The second-order valence-electron chi connectivity index (χ2n) is 3.95. The summed E-state index contributed by atoms with van der Waals surface area (Å²) in [6.07, 6.45) is 0.109. The lowest BCUT2D eigenvalue weighted by atomic mass is 10.2. The van der Waals surface area contributed by atoms with Crippen molar-refractivity contribution in [2.45, 2.75) is 12.2 Å². The number of sulfonamides is 1. The third-order valence-corrected chi connectivity index (χ3v) is 5.54. The van der Waals surface area contributed by atoms with Gasteiger partial charge in [-0.15, -0.1) is 0 Å². The first-order chi connectivity index (χ1) is 8.35. The second-order valence-corrected chi connectivity index (χ2v) is 8.18. The Balaban J connectivity index is 2.51. The maximum atomic E-state index is 11.8. The fraction of sp³-hybridized carbons (Fsp3) is 0.455. The minimum Gasteiger partial charge on any atom is -0.228 e. The summed E-state index contributed by atoms with van der Waals surface area (Å²) in [5.41, 5.74) is 0.717. The standard InChI is InChI=1S/C11H17NO4S2/c1-12-18(15,16)9-5-8-17(13,14)10-11-6-3-2-4-7-11/h2-4,6-7,12H,5,8-10H2,1H3. The van der Waals surface area contributed by atoms with Crippen LogP contribution in [0.1, 0.15) is 12.0 Å². The van der Waals surface area contributed by atoms with Gasteiger partial charge < -0.3 is 0 Å². The van der Waals surface area contributed by atoms with E-state index in [1.54, 1.807) is 24.3 Å². The second kappa shape index (κ2) is 6.31. The molecule has 0 fully saturated rings. The van der Waals surface area contributed by atoms with Crippen LogP contribution in [0.25, 0.3) is 0 Å². The SMILES string of the molecule is CNS(=O)(=O)CCCS(=O)(=O)Cc1ccccc1. The third-order valence-electron chi connectivity index (χ3n) is 2.41. The molecule has 18 heavy (non-hydrogen) atoms. The minimum atomic E-state index is -3.33. The zero-order valence-corrected chi connectivity index (χ0v) is 11.8. The van der Waals surface area contributed by atoms with Gasteiger partial charge in [-0.1, -0.05) is 30.3 Å². The van der Waals surface area contributed by atoms with Crippen LogP contribution in [0, 0.1) is 0 Å². The molecule has 7 heteroatoms. The third kappa shape index (κ3) is 5.61. The molecule has 1 N–H and O–H groups in total. The van der Waals surface area contributed by atoms with E-state index in [2.05, 4.69) is 4.72 Å². The molecule has 1 aromatic rings. The highest BCUT2D eigenvalue weighted by Gasteiger charge is 2.14. The molecule has 1 aromatic carbocycles. The van der Waals surface area contributed by atoms with Gasteiger partial charge in [-0.2, -0.15) is 0 Å². The Kier molecular flexibility index (Phi) is 5.30. The first kappa shape index (κ1) is 15.1. The van der Waals surface area contributed by atoms with Crippen molar-refractivity contribution >= 4 is 19.9 Å². The first-order valence-corrected chi connectivity index (χ1v) is 8.97. The Morgan fingerprint density at radius 3 is 2.17 bits per heavy atom. The molecular formula is C11H17NO4S2. The Morgan fingerprint density at radius 2 is 1.61 bits per heavy atom. The van der Waals surface area contributed by atoms with Gasteiger partial charge in [0.15, 0.2) is 9.84 Å². The van der Waals surface area contributed by atoms with Crippen LogP contribution in [0.15, 0.2) is 30.3 Å². The molecule has 0 unspecified atom stereocenters. The molecule has 0 aliphatic heterocycles. The molecule has 0 aliphatic rings. The van der Waals surface area contributed by atoms with E-state index in [0.29, 0.717) is 5.56 Å². The highest BCUT2D eigenvalue weighted by atomic mass is 32.2. The van der Waals surface area contributed by atoms with Crippen molar-refractivity contribution in [1.82, 2.24) is 4.72 Å².